The van der Waals surface area contributed by atoms with Crippen LogP contribution in [0.2, 0.25) is 0 Å². The summed E-state index contributed by atoms with van der Waals surface area (Å²) >= 11 is 0. The molecule has 0 saturated carbocycles. The van der Waals surface area contributed by atoms with Crippen molar-refractivity contribution in [3.63, 3.8) is 0 Å². The molecule has 1 unspecified atom stereocenters. The fourth-order valence-corrected chi connectivity index (χ4v) is 0.488. The van der Waals surface area contributed by atoms with Crippen LogP contribution in [-0.2, 0) is 14.3 Å². The number of esters is 1. The molecule has 0 aliphatic rings. The zero-order chi connectivity index (χ0) is 7.98. The van der Waals surface area contributed by atoms with Gasteiger partial charge in [0.25, 0.3) is 0 Å². The molecule has 0 spiro atoms. The van der Waals surface area contributed by atoms with E-state index in [0.717, 1.165) is 0 Å². The first-order valence-corrected chi connectivity index (χ1v) is 3.33. The Balaban J connectivity index is 3.37. The Labute approximate surface area is 61.3 Å². The zero-order valence-electron chi connectivity index (χ0n) is 6.59. The Morgan fingerprint density at radius 3 is 2.70 bits per heavy atom. The Bertz CT molecular complexity index is 101. The van der Waals surface area contributed by atoms with Crippen LogP contribution in [0, 0.1) is 6.61 Å². The zero-order valence-corrected chi connectivity index (χ0v) is 6.59. The third kappa shape index (κ3) is 4.32. The van der Waals surface area contributed by atoms with Crippen molar-refractivity contribution in [1.29, 1.82) is 0 Å². The van der Waals surface area contributed by atoms with Gasteiger partial charge in [-0.25, -0.2) is 0 Å². The molecule has 59 valence electrons. The lowest BCUT2D eigenvalue weighted by molar-refractivity contribution is -0.168. The number of ether oxygens (including phenoxy) is 2. The highest BCUT2D eigenvalue weighted by molar-refractivity contribution is 5.68. The highest BCUT2D eigenvalue weighted by Gasteiger charge is 2.05. The third-order valence-corrected chi connectivity index (χ3v) is 0.914. The summed E-state index contributed by atoms with van der Waals surface area (Å²) in [5.74, 6) is -0.241. The van der Waals surface area contributed by atoms with E-state index in [0.29, 0.717) is 6.42 Å². The fourth-order valence-electron chi connectivity index (χ4n) is 0.488. The van der Waals surface area contributed by atoms with E-state index in [-0.39, 0.29) is 5.97 Å². The normalized spacial score (nSPS) is 12.7. The lowest BCUT2D eigenvalue weighted by atomic mass is 10.5. The molecule has 0 aromatic carbocycles. The lowest BCUT2D eigenvalue weighted by Gasteiger charge is -2.10. The molecule has 0 N–H and O–H groups in total. The van der Waals surface area contributed by atoms with Gasteiger partial charge in [0, 0.05) is 6.42 Å². The molecule has 0 aromatic rings. The van der Waals surface area contributed by atoms with Gasteiger partial charge in [0.2, 0.25) is 6.29 Å². The van der Waals surface area contributed by atoms with E-state index in [9.17, 15) is 4.79 Å². The van der Waals surface area contributed by atoms with Crippen molar-refractivity contribution < 1.29 is 14.3 Å². The molecule has 3 heteroatoms. The van der Waals surface area contributed by atoms with Crippen molar-refractivity contribution in [3.8, 4) is 0 Å². The van der Waals surface area contributed by atoms with Gasteiger partial charge in [0.15, 0.2) is 0 Å². The predicted molar refractivity (Wildman–Crippen MR) is 36.9 cm³/mol. The maximum absolute atomic E-state index is 10.6. The number of hydrogen-bond donors (Lipinski definition) is 0. The molecule has 0 aromatic heterocycles. The van der Waals surface area contributed by atoms with Gasteiger partial charge in [-0.3, -0.25) is 4.79 Å². The van der Waals surface area contributed by atoms with E-state index >= 15 is 0 Å². The Kier molecular flexibility index (Phi) is 4.94. The molecule has 0 heterocycles. The Hall–Kier alpha value is -0.570. The van der Waals surface area contributed by atoms with Crippen LogP contribution in [0.25, 0.3) is 0 Å². The fraction of sp³-hybridized carbons (Fsp3) is 0.714. The van der Waals surface area contributed by atoms with Crippen LogP contribution >= 0.6 is 0 Å². The summed E-state index contributed by atoms with van der Waals surface area (Å²) in [6.45, 7) is 6.64. The van der Waals surface area contributed by atoms with Crippen LogP contribution in [0.3, 0.4) is 0 Å². The molecule has 0 amide bonds. The topological polar surface area (TPSA) is 35.5 Å². The van der Waals surface area contributed by atoms with E-state index in [1.807, 2.05) is 0 Å². The van der Waals surface area contributed by atoms with Gasteiger partial charge >= 0.3 is 5.97 Å². The van der Waals surface area contributed by atoms with Gasteiger partial charge in [-0.2, -0.15) is 0 Å². The molecular formula is C7H13O3. The number of hydrogen-bond acceptors (Lipinski definition) is 3. The third-order valence-electron chi connectivity index (χ3n) is 0.914. The average molecular weight is 145 g/mol. The van der Waals surface area contributed by atoms with E-state index in [1.54, 1.807) is 20.8 Å². The van der Waals surface area contributed by atoms with Crippen LogP contribution in [0.4, 0.5) is 0 Å². The minimum absolute atomic E-state index is 0.241. The van der Waals surface area contributed by atoms with Gasteiger partial charge in [-0.15, -0.1) is 0 Å². The second-order valence-corrected chi connectivity index (χ2v) is 1.78. The van der Waals surface area contributed by atoms with Crippen LogP contribution < -0.4 is 0 Å². The smallest absolute Gasteiger partial charge is 0.307 e. The second-order valence-electron chi connectivity index (χ2n) is 1.78. The van der Waals surface area contributed by atoms with Crippen LogP contribution in [0.15, 0.2) is 0 Å². The summed E-state index contributed by atoms with van der Waals surface area (Å²) in [5, 5.41) is 0. The van der Waals surface area contributed by atoms with E-state index in [1.165, 1.54) is 6.61 Å². The van der Waals surface area contributed by atoms with Crippen molar-refractivity contribution >= 4 is 5.97 Å². The first-order chi connectivity index (χ1) is 4.70. The van der Waals surface area contributed by atoms with E-state index < -0.39 is 6.29 Å². The van der Waals surface area contributed by atoms with E-state index in [2.05, 4.69) is 0 Å². The monoisotopic (exact) mass is 145 g/mol. The van der Waals surface area contributed by atoms with Gasteiger partial charge in [0.05, 0.1) is 6.61 Å². The number of carbonyl (C=O) groups is 1. The van der Waals surface area contributed by atoms with Gasteiger partial charge < -0.3 is 9.47 Å². The van der Waals surface area contributed by atoms with Crippen molar-refractivity contribution in [2.24, 2.45) is 0 Å². The molecular weight excluding hydrogens is 132 g/mol. The molecule has 10 heavy (non-hydrogen) atoms. The van der Waals surface area contributed by atoms with Gasteiger partial charge in [0.1, 0.15) is 0 Å². The number of rotatable bonds is 4. The summed E-state index contributed by atoms with van der Waals surface area (Å²) in [5.41, 5.74) is 0. The maximum Gasteiger partial charge on any atom is 0.307 e. The van der Waals surface area contributed by atoms with Crippen LogP contribution in [-0.4, -0.2) is 12.3 Å². The highest BCUT2D eigenvalue weighted by Crippen LogP contribution is 1.97. The minimum atomic E-state index is -0.461. The summed E-state index contributed by atoms with van der Waals surface area (Å²) < 4.78 is 9.59. The molecule has 0 aliphatic carbocycles. The second kappa shape index (κ2) is 5.23. The largest absolute Gasteiger partial charge is 0.436 e. The summed E-state index contributed by atoms with van der Waals surface area (Å²) in [7, 11) is 0. The van der Waals surface area contributed by atoms with Crippen LogP contribution in [0.5, 0.6) is 0 Å². The molecule has 0 fully saturated rings. The highest BCUT2D eigenvalue weighted by atomic mass is 16.7. The lowest BCUT2D eigenvalue weighted by Crippen LogP contribution is -2.15. The summed E-state index contributed by atoms with van der Waals surface area (Å²) in [6, 6.07) is 0. The molecule has 1 radical (unpaired) electrons. The first kappa shape index (κ1) is 9.43. The minimum Gasteiger partial charge on any atom is -0.436 e. The molecule has 0 rings (SSSR count). The molecule has 0 bridgehead atoms. The Morgan fingerprint density at radius 2 is 2.30 bits per heavy atom. The van der Waals surface area contributed by atoms with Gasteiger partial charge in [-0.1, -0.05) is 6.92 Å². The molecule has 0 aliphatic heterocycles. The van der Waals surface area contributed by atoms with Crippen molar-refractivity contribution in [3.05, 3.63) is 6.61 Å². The molecule has 0 saturated heterocycles. The number of carbonyl (C=O) groups excluding carboxylic acids is 1. The quantitative estimate of drug-likeness (QED) is 0.444. The van der Waals surface area contributed by atoms with E-state index in [4.69, 9.17) is 9.47 Å². The predicted octanol–water partition coefficient (Wildman–Crippen LogP) is 1.48. The molecule has 1 atom stereocenters. The van der Waals surface area contributed by atoms with Crippen molar-refractivity contribution in [2.45, 2.75) is 33.5 Å². The van der Waals surface area contributed by atoms with Gasteiger partial charge in [-0.05, 0) is 13.8 Å². The van der Waals surface area contributed by atoms with Crippen molar-refractivity contribution in [1.82, 2.24) is 0 Å². The SMILES string of the molecule is C[CH]OC(C)OC(=O)CC. The summed E-state index contributed by atoms with van der Waals surface area (Å²) in [6.07, 6.45) is -0.0744. The van der Waals surface area contributed by atoms with Crippen molar-refractivity contribution in [2.75, 3.05) is 0 Å². The first-order valence-electron chi connectivity index (χ1n) is 3.33. The Morgan fingerprint density at radius 1 is 1.70 bits per heavy atom. The average Bonchev–Trinajstić information content (AvgIpc) is 1.88. The molecule has 3 nitrogen and oxygen atoms in total. The standard InChI is InChI=1S/C7H13O3/c1-4-7(8)10-6(3)9-5-2/h5-6H,4H2,1-3H3. The summed E-state index contributed by atoms with van der Waals surface area (Å²) in [4.78, 5) is 10.6. The maximum atomic E-state index is 10.6. The van der Waals surface area contributed by atoms with Crippen LogP contribution in [0.1, 0.15) is 27.2 Å².